The van der Waals surface area contributed by atoms with Crippen LogP contribution in [-0.2, 0) is 9.47 Å². The van der Waals surface area contributed by atoms with Crippen molar-refractivity contribution >= 4 is 0 Å². The summed E-state index contributed by atoms with van der Waals surface area (Å²) in [7, 11) is 0. The van der Waals surface area contributed by atoms with Gasteiger partial charge in [0.05, 0.1) is 12.2 Å². The van der Waals surface area contributed by atoms with Gasteiger partial charge in [0, 0.05) is 32.3 Å². The second-order valence-corrected chi connectivity index (χ2v) is 4.00. The molecule has 2 atom stereocenters. The summed E-state index contributed by atoms with van der Waals surface area (Å²) in [6.45, 7) is 4.83. The summed E-state index contributed by atoms with van der Waals surface area (Å²) in [6, 6.07) is 0. The number of aliphatic hydroxyl groups excluding tert-OH is 1. The first kappa shape index (κ1) is 11.9. The van der Waals surface area contributed by atoms with Crippen LogP contribution in [0, 0.1) is 5.92 Å². The fraction of sp³-hybridized carbons (Fsp3) is 1.00. The lowest BCUT2D eigenvalue weighted by molar-refractivity contribution is -0.0713. The predicted molar refractivity (Wildman–Crippen MR) is 54.0 cm³/mol. The van der Waals surface area contributed by atoms with E-state index in [1.165, 1.54) is 0 Å². The first-order valence-corrected chi connectivity index (χ1v) is 5.25. The molecule has 14 heavy (non-hydrogen) atoms. The Morgan fingerprint density at radius 2 is 2.43 bits per heavy atom. The zero-order chi connectivity index (χ0) is 10.4. The number of ether oxygens (including phenoxy) is 2. The number of rotatable bonds is 6. The topological polar surface area (TPSA) is 64.7 Å². The molecule has 3 N–H and O–H groups in total. The van der Waals surface area contributed by atoms with Gasteiger partial charge in [-0.05, 0) is 19.8 Å². The molecule has 0 aromatic rings. The van der Waals surface area contributed by atoms with Crippen LogP contribution >= 0.6 is 0 Å². The molecule has 4 nitrogen and oxygen atoms in total. The predicted octanol–water partition coefficient (Wildman–Crippen LogP) is 0.139. The van der Waals surface area contributed by atoms with E-state index in [1.54, 1.807) is 0 Å². The van der Waals surface area contributed by atoms with Crippen LogP contribution < -0.4 is 5.73 Å². The lowest BCUT2D eigenvalue weighted by Crippen LogP contribution is -2.45. The molecule has 1 heterocycles. The van der Waals surface area contributed by atoms with E-state index in [-0.39, 0.29) is 12.2 Å². The largest absolute Gasteiger partial charge is 0.396 e. The highest BCUT2D eigenvalue weighted by Crippen LogP contribution is 2.28. The van der Waals surface area contributed by atoms with Gasteiger partial charge in [0.15, 0.2) is 0 Å². The summed E-state index contributed by atoms with van der Waals surface area (Å²) < 4.78 is 11.1. The first-order valence-electron chi connectivity index (χ1n) is 5.25. The zero-order valence-corrected chi connectivity index (χ0v) is 8.87. The second kappa shape index (κ2) is 5.66. The van der Waals surface area contributed by atoms with E-state index in [0.717, 1.165) is 19.6 Å². The number of hydrogen-bond donors (Lipinski definition) is 2. The Morgan fingerprint density at radius 3 is 2.93 bits per heavy atom. The molecule has 1 rings (SSSR count). The highest BCUT2D eigenvalue weighted by molar-refractivity contribution is 4.87. The van der Waals surface area contributed by atoms with Gasteiger partial charge in [-0.3, -0.25) is 0 Å². The van der Waals surface area contributed by atoms with Crippen molar-refractivity contribution in [2.24, 2.45) is 11.7 Å². The van der Waals surface area contributed by atoms with Crippen molar-refractivity contribution in [2.45, 2.75) is 25.4 Å². The molecule has 84 valence electrons. The Morgan fingerprint density at radius 1 is 1.64 bits per heavy atom. The summed E-state index contributed by atoms with van der Waals surface area (Å²) in [5.41, 5.74) is 5.44. The van der Waals surface area contributed by atoms with E-state index in [9.17, 15) is 0 Å². The summed E-state index contributed by atoms with van der Waals surface area (Å²) in [5, 5.41) is 8.67. The van der Waals surface area contributed by atoms with Gasteiger partial charge < -0.3 is 20.3 Å². The van der Waals surface area contributed by atoms with Crippen LogP contribution in [0.3, 0.4) is 0 Å². The third-order valence-electron chi connectivity index (χ3n) is 2.93. The highest BCUT2D eigenvalue weighted by atomic mass is 16.5. The third kappa shape index (κ3) is 2.92. The van der Waals surface area contributed by atoms with Gasteiger partial charge in [-0.1, -0.05) is 0 Å². The average molecular weight is 203 g/mol. The van der Waals surface area contributed by atoms with Gasteiger partial charge >= 0.3 is 0 Å². The van der Waals surface area contributed by atoms with E-state index in [2.05, 4.69) is 0 Å². The minimum Gasteiger partial charge on any atom is -0.396 e. The molecular formula is C10H21NO3. The first-order chi connectivity index (χ1) is 6.73. The molecule has 1 aliphatic rings. The fourth-order valence-electron chi connectivity index (χ4n) is 1.73. The SMILES string of the molecule is CC(CN)(OCCCO)C1CCOC1. The molecule has 0 spiro atoms. The van der Waals surface area contributed by atoms with Crippen LogP contribution in [0.15, 0.2) is 0 Å². The molecule has 0 amide bonds. The quantitative estimate of drug-likeness (QED) is 0.603. The minimum absolute atomic E-state index is 0.168. The van der Waals surface area contributed by atoms with Crippen LogP contribution in [0.1, 0.15) is 19.8 Å². The van der Waals surface area contributed by atoms with Crippen molar-refractivity contribution in [1.29, 1.82) is 0 Å². The molecule has 1 fully saturated rings. The van der Waals surface area contributed by atoms with Gasteiger partial charge in [-0.25, -0.2) is 0 Å². The van der Waals surface area contributed by atoms with Crippen LogP contribution in [0.25, 0.3) is 0 Å². The van der Waals surface area contributed by atoms with Crippen molar-refractivity contribution in [2.75, 3.05) is 33.0 Å². The van der Waals surface area contributed by atoms with Gasteiger partial charge in [0.1, 0.15) is 0 Å². The standard InChI is InChI=1S/C10H21NO3/c1-10(8-11,14-5-2-4-12)9-3-6-13-7-9/h9,12H,2-8,11H2,1H3. The van der Waals surface area contributed by atoms with E-state index in [1.807, 2.05) is 6.92 Å². The van der Waals surface area contributed by atoms with Crippen molar-refractivity contribution in [3.8, 4) is 0 Å². The number of nitrogens with two attached hydrogens (primary N) is 1. The smallest absolute Gasteiger partial charge is 0.0826 e. The summed E-state index contributed by atoms with van der Waals surface area (Å²) in [6.07, 6.45) is 1.69. The van der Waals surface area contributed by atoms with Crippen LogP contribution in [0.5, 0.6) is 0 Å². The van der Waals surface area contributed by atoms with E-state index >= 15 is 0 Å². The van der Waals surface area contributed by atoms with E-state index in [0.29, 0.717) is 25.5 Å². The van der Waals surface area contributed by atoms with E-state index < -0.39 is 0 Å². The zero-order valence-electron chi connectivity index (χ0n) is 8.87. The van der Waals surface area contributed by atoms with Crippen molar-refractivity contribution < 1.29 is 14.6 Å². The average Bonchev–Trinajstić information content (AvgIpc) is 2.71. The van der Waals surface area contributed by atoms with Gasteiger partial charge in [-0.15, -0.1) is 0 Å². The molecule has 0 aliphatic carbocycles. The lowest BCUT2D eigenvalue weighted by atomic mass is 9.88. The Labute approximate surface area is 85.4 Å². The van der Waals surface area contributed by atoms with Crippen molar-refractivity contribution in [1.82, 2.24) is 0 Å². The Hall–Kier alpha value is -0.160. The Balaban J connectivity index is 2.38. The summed E-state index contributed by atoms with van der Waals surface area (Å²) in [5.74, 6) is 0.395. The molecular weight excluding hydrogens is 182 g/mol. The molecule has 0 radical (unpaired) electrons. The van der Waals surface area contributed by atoms with Crippen LogP contribution in [-0.4, -0.2) is 43.7 Å². The van der Waals surface area contributed by atoms with Gasteiger partial charge in [0.2, 0.25) is 0 Å². The summed E-state index contributed by atoms with van der Waals surface area (Å²) in [4.78, 5) is 0. The maximum absolute atomic E-state index is 8.67. The molecule has 0 saturated carbocycles. The van der Waals surface area contributed by atoms with Crippen LogP contribution in [0.4, 0.5) is 0 Å². The molecule has 0 aromatic heterocycles. The normalized spacial score (nSPS) is 26.4. The van der Waals surface area contributed by atoms with E-state index in [4.69, 9.17) is 20.3 Å². The lowest BCUT2D eigenvalue weighted by Gasteiger charge is -2.33. The molecule has 0 aromatic carbocycles. The Bertz CT molecular complexity index is 159. The Kier molecular flexibility index (Phi) is 4.81. The summed E-state index contributed by atoms with van der Waals surface area (Å²) >= 11 is 0. The highest BCUT2D eigenvalue weighted by Gasteiger charge is 2.36. The molecule has 1 aliphatic heterocycles. The monoisotopic (exact) mass is 203 g/mol. The maximum Gasteiger partial charge on any atom is 0.0826 e. The fourth-order valence-corrected chi connectivity index (χ4v) is 1.73. The molecule has 4 heteroatoms. The van der Waals surface area contributed by atoms with Gasteiger partial charge in [0.25, 0.3) is 0 Å². The molecule has 2 unspecified atom stereocenters. The molecule has 1 saturated heterocycles. The molecule has 0 bridgehead atoms. The maximum atomic E-state index is 8.67. The second-order valence-electron chi connectivity index (χ2n) is 4.00. The van der Waals surface area contributed by atoms with Crippen LogP contribution in [0.2, 0.25) is 0 Å². The van der Waals surface area contributed by atoms with Crippen molar-refractivity contribution in [3.63, 3.8) is 0 Å². The number of aliphatic hydroxyl groups is 1. The van der Waals surface area contributed by atoms with Crippen molar-refractivity contribution in [3.05, 3.63) is 0 Å². The number of hydrogen-bond acceptors (Lipinski definition) is 4. The minimum atomic E-state index is -0.286. The van der Waals surface area contributed by atoms with Gasteiger partial charge in [-0.2, -0.15) is 0 Å². The third-order valence-corrected chi connectivity index (χ3v) is 2.93.